The summed E-state index contributed by atoms with van der Waals surface area (Å²) in [6, 6.07) is 4.04. The molecule has 0 bridgehead atoms. The lowest BCUT2D eigenvalue weighted by Gasteiger charge is -1.97. The maximum atomic E-state index is 10.6. The maximum Gasteiger partial charge on any atom is 0.303 e. The third-order valence-corrected chi connectivity index (χ3v) is 3.57. The van der Waals surface area contributed by atoms with E-state index in [2.05, 4.69) is 25.9 Å². The molecule has 0 aliphatic carbocycles. The number of imidazole rings is 2. The van der Waals surface area contributed by atoms with Crippen LogP contribution in [-0.2, 0) is 11.2 Å². The number of carboxylic acids is 1. The van der Waals surface area contributed by atoms with Gasteiger partial charge in [-0.15, -0.1) is 0 Å². The van der Waals surface area contributed by atoms with Crippen LogP contribution in [0.15, 0.2) is 22.8 Å². The predicted molar refractivity (Wildman–Crippen MR) is 75.4 cm³/mol. The van der Waals surface area contributed by atoms with E-state index in [9.17, 15) is 4.79 Å². The fraction of sp³-hybridized carbons (Fsp3) is 0.231. The Labute approximate surface area is 117 Å². The summed E-state index contributed by atoms with van der Waals surface area (Å²) in [5.41, 5.74) is 3.96. The van der Waals surface area contributed by atoms with E-state index in [1.54, 1.807) is 0 Å². The molecule has 0 saturated carbocycles. The van der Waals surface area contributed by atoms with Crippen LogP contribution in [0.2, 0.25) is 0 Å². The average molecular weight is 322 g/mol. The molecule has 3 aromatic rings. The Hall–Kier alpha value is -1.82. The van der Waals surface area contributed by atoms with Crippen LogP contribution in [-0.4, -0.2) is 25.4 Å². The molecule has 1 aromatic carbocycles. The predicted octanol–water partition coefficient (Wildman–Crippen LogP) is 2.90. The Morgan fingerprint density at radius 2 is 2.32 bits per heavy atom. The molecule has 0 aliphatic heterocycles. The monoisotopic (exact) mass is 321 g/mol. The van der Waals surface area contributed by atoms with Crippen molar-refractivity contribution in [3.8, 4) is 0 Å². The molecule has 2 N–H and O–H groups in total. The van der Waals surface area contributed by atoms with Gasteiger partial charge in [-0.3, -0.25) is 9.20 Å². The summed E-state index contributed by atoms with van der Waals surface area (Å²) in [6.45, 7) is 2.02. The number of rotatable bonds is 3. The zero-order chi connectivity index (χ0) is 13.6. The van der Waals surface area contributed by atoms with Gasteiger partial charge >= 0.3 is 5.97 Å². The molecule has 0 unspecified atom stereocenters. The Morgan fingerprint density at radius 3 is 3.05 bits per heavy atom. The summed E-state index contributed by atoms with van der Waals surface area (Å²) in [7, 11) is 0. The Kier molecular flexibility index (Phi) is 2.82. The minimum absolute atomic E-state index is 0.115. The van der Waals surface area contributed by atoms with Crippen molar-refractivity contribution in [3.63, 3.8) is 0 Å². The quantitative estimate of drug-likeness (QED) is 0.779. The number of halogens is 1. The molecule has 0 aliphatic rings. The molecule has 0 fully saturated rings. The van der Waals surface area contributed by atoms with Crippen molar-refractivity contribution in [2.24, 2.45) is 0 Å². The Bertz CT molecular complexity index is 788. The second-order valence-corrected chi connectivity index (χ2v) is 5.48. The molecule has 98 valence electrons. The number of carboxylic acid groups (broad SMARTS) is 1. The summed E-state index contributed by atoms with van der Waals surface area (Å²) in [4.78, 5) is 18.3. The first kappa shape index (κ1) is 12.2. The minimum atomic E-state index is -0.796. The van der Waals surface area contributed by atoms with Crippen LogP contribution in [0.5, 0.6) is 0 Å². The van der Waals surface area contributed by atoms with Gasteiger partial charge in [0, 0.05) is 16.4 Å². The summed E-state index contributed by atoms with van der Waals surface area (Å²) >= 11 is 3.48. The first-order valence-corrected chi connectivity index (χ1v) is 6.71. The molecule has 0 amide bonds. The maximum absolute atomic E-state index is 10.6. The van der Waals surface area contributed by atoms with Gasteiger partial charge in [-0.1, -0.05) is 15.9 Å². The van der Waals surface area contributed by atoms with Gasteiger partial charge in [0.15, 0.2) is 0 Å². The first-order chi connectivity index (χ1) is 9.04. The van der Waals surface area contributed by atoms with Crippen molar-refractivity contribution in [2.75, 3.05) is 0 Å². The van der Waals surface area contributed by atoms with Gasteiger partial charge in [0.1, 0.15) is 0 Å². The van der Waals surface area contributed by atoms with Crippen LogP contribution in [0.25, 0.3) is 16.8 Å². The zero-order valence-corrected chi connectivity index (χ0v) is 11.9. The highest BCUT2D eigenvalue weighted by Gasteiger charge is 2.11. The normalized spacial score (nSPS) is 11.5. The number of aromatic amines is 1. The highest BCUT2D eigenvalue weighted by molar-refractivity contribution is 9.10. The summed E-state index contributed by atoms with van der Waals surface area (Å²) in [6.07, 6.45) is 2.51. The molecule has 19 heavy (non-hydrogen) atoms. The largest absolute Gasteiger partial charge is 0.481 e. The Morgan fingerprint density at radius 1 is 1.53 bits per heavy atom. The number of carbonyl (C=O) groups is 1. The molecule has 0 radical (unpaired) electrons. The molecule has 2 aromatic heterocycles. The summed E-state index contributed by atoms with van der Waals surface area (Å²) in [5.74, 6) is -0.0488. The van der Waals surface area contributed by atoms with E-state index in [0.29, 0.717) is 6.42 Å². The standard InChI is InChI=1S/C13H12BrN3O2/c1-7-4-8(14)5-10-12(7)16-13-15-9(6-17(10)13)2-3-11(18)19/h4-6H,2-3H2,1H3,(H,15,16)(H,18,19). The second kappa shape index (κ2) is 4.38. The lowest BCUT2D eigenvalue weighted by Crippen LogP contribution is -1.97. The number of aromatic nitrogens is 3. The molecule has 0 spiro atoms. The Balaban J connectivity index is 2.11. The van der Waals surface area contributed by atoms with Gasteiger partial charge in [0.05, 0.1) is 17.5 Å². The van der Waals surface area contributed by atoms with Gasteiger partial charge in [-0.2, -0.15) is 0 Å². The highest BCUT2D eigenvalue weighted by Crippen LogP contribution is 2.25. The summed E-state index contributed by atoms with van der Waals surface area (Å²) < 4.78 is 2.97. The molecule has 2 heterocycles. The third kappa shape index (κ3) is 2.12. The second-order valence-electron chi connectivity index (χ2n) is 4.57. The van der Waals surface area contributed by atoms with Gasteiger partial charge < -0.3 is 10.1 Å². The van der Waals surface area contributed by atoms with Crippen LogP contribution < -0.4 is 0 Å². The number of aliphatic carboxylic acids is 1. The topological polar surface area (TPSA) is 70.4 Å². The van der Waals surface area contributed by atoms with Crippen LogP contribution >= 0.6 is 15.9 Å². The number of hydrogen-bond acceptors (Lipinski definition) is 2. The molecular formula is C13H12BrN3O2. The number of aryl methyl sites for hydroxylation is 2. The van der Waals surface area contributed by atoms with Crippen molar-refractivity contribution in [2.45, 2.75) is 19.8 Å². The van der Waals surface area contributed by atoms with E-state index in [0.717, 1.165) is 32.5 Å². The van der Waals surface area contributed by atoms with Crippen LogP contribution in [0.3, 0.4) is 0 Å². The summed E-state index contributed by atoms with van der Waals surface area (Å²) in [5, 5.41) is 8.70. The van der Waals surface area contributed by atoms with Crippen molar-refractivity contribution in [3.05, 3.63) is 34.1 Å². The van der Waals surface area contributed by atoms with Crippen molar-refractivity contribution in [1.82, 2.24) is 14.4 Å². The molecule has 3 rings (SSSR count). The van der Waals surface area contributed by atoms with Crippen LogP contribution in [0.4, 0.5) is 0 Å². The van der Waals surface area contributed by atoms with Gasteiger partial charge in [-0.05, 0) is 31.0 Å². The fourth-order valence-electron chi connectivity index (χ4n) is 2.24. The van der Waals surface area contributed by atoms with Gasteiger partial charge in [0.25, 0.3) is 0 Å². The highest BCUT2D eigenvalue weighted by atomic mass is 79.9. The van der Waals surface area contributed by atoms with E-state index in [4.69, 9.17) is 5.11 Å². The molecule has 0 atom stereocenters. The molecule has 6 heteroatoms. The van der Waals surface area contributed by atoms with Gasteiger partial charge in [-0.25, -0.2) is 4.98 Å². The van der Waals surface area contributed by atoms with Crippen molar-refractivity contribution >= 4 is 38.7 Å². The van der Waals surface area contributed by atoms with Gasteiger partial charge in [0.2, 0.25) is 5.78 Å². The number of nitrogens with zero attached hydrogens (tertiary/aromatic N) is 2. The lowest BCUT2D eigenvalue weighted by molar-refractivity contribution is -0.136. The SMILES string of the molecule is Cc1cc(Br)cc2c1nc1[nH]c(CCC(=O)O)cn12. The fourth-order valence-corrected chi connectivity index (χ4v) is 2.80. The number of fused-ring (bicyclic) bond motifs is 3. The van der Waals surface area contributed by atoms with Crippen molar-refractivity contribution < 1.29 is 9.90 Å². The number of benzene rings is 1. The lowest BCUT2D eigenvalue weighted by atomic mass is 10.2. The molecule has 0 saturated heterocycles. The first-order valence-electron chi connectivity index (χ1n) is 5.92. The zero-order valence-electron chi connectivity index (χ0n) is 10.3. The van der Waals surface area contributed by atoms with E-state index < -0.39 is 5.97 Å². The molecule has 5 nitrogen and oxygen atoms in total. The minimum Gasteiger partial charge on any atom is -0.481 e. The van der Waals surface area contributed by atoms with E-state index in [1.165, 1.54) is 0 Å². The van der Waals surface area contributed by atoms with Crippen molar-refractivity contribution in [1.29, 1.82) is 0 Å². The van der Waals surface area contributed by atoms with E-state index in [-0.39, 0.29) is 6.42 Å². The molecular weight excluding hydrogens is 310 g/mol. The number of nitrogens with one attached hydrogen (secondary N) is 1. The number of H-pyrrole nitrogens is 1. The number of hydrogen-bond donors (Lipinski definition) is 2. The van der Waals surface area contributed by atoms with E-state index >= 15 is 0 Å². The smallest absolute Gasteiger partial charge is 0.303 e. The van der Waals surface area contributed by atoms with E-state index in [1.807, 2.05) is 29.7 Å². The third-order valence-electron chi connectivity index (χ3n) is 3.12. The van der Waals surface area contributed by atoms with Crippen LogP contribution in [0, 0.1) is 6.92 Å². The average Bonchev–Trinajstić information content (AvgIpc) is 2.85. The van der Waals surface area contributed by atoms with Crippen LogP contribution in [0.1, 0.15) is 17.7 Å².